The Kier molecular flexibility index (Phi) is 5.98. The largest absolute Gasteiger partial charge is 0.351 e. The molecule has 1 saturated heterocycles. The maximum absolute atomic E-state index is 12.7. The molecule has 3 rings (SSSR count). The first-order valence-electron chi connectivity index (χ1n) is 9.80. The molecule has 1 aromatic carbocycles. The van der Waals surface area contributed by atoms with E-state index in [0.29, 0.717) is 37.1 Å². The van der Waals surface area contributed by atoms with E-state index in [-0.39, 0.29) is 23.7 Å². The molecule has 1 atom stereocenters. The number of fused-ring (bicyclic) bond motifs is 1. The van der Waals surface area contributed by atoms with Gasteiger partial charge in [-0.15, -0.1) is 11.6 Å². The summed E-state index contributed by atoms with van der Waals surface area (Å²) >= 11 is 5.89. The van der Waals surface area contributed by atoms with Crippen molar-refractivity contribution in [3.8, 4) is 0 Å². The van der Waals surface area contributed by atoms with Crippen LogP contribution in [0.15, 0.2) is 24.3 Å². The highest BCUT2D eigenvalue weighted by Crippen LogP contribution is 2.25. The molecule has 1 fully saturated rings. The molecule has 1 unspecified atom stereocenters. The van der Waals surface area contributed by atoms with Crippen molar-refractivity contribution >= 4 is 35.2 Å². The average Bonchev–Trinajstić information content (AvgIpc) is 2.98. The Morgan fingerprint density at radius 2 is 1.66 bits per heavy atom. The molecule has 1 aromatic rings. The highest BCUT2D eigenvalue weighted by atomic mass is 35.5. The van der Waals surface area contributed by atoms with Gasteiger partial charge in [0.05, 0.1) is 16.5 Å². The lowest BCUT2D eigenvalue weighted by molar-refractivity contribution is -0.140. The molecule has 1 N–H and O–H groups in total. The van der Waals surface area contributed by atoms with Gasteiger partial charge in [0.25, 0.3) is 11.8 Å². The molecule has 156 valence electrons. The fourth-order valence-corrected chi connectivity index (χ4v) is 3.83. The number of benzene rings is 1. The smallest absolute Gasteiger partial charge is 0.262 e. The molecular weight excluding hydrogens is 394 g/mol. The molecular formula is C21H26ClN3O4. The Bertz CT molecular complexity index is 811. The summed E-state index contributed by atoms with van der Waals surface area (Å²) in [7, 11) is 0. The Morgan fingerprint density at radius 1 is 1.14 bits per heavy atom. The van der Waals surface area contributed by atoms with Crippen LogP contribution in [0.3, 0.4) is 0 Å². The van der Waals surface area contributed by atoms with Gasteiger partial charge in [0.2, 0.25) is 11.8 Å². The number of piperidine rings is 1. The third-order valence-corrected chi connectivity index (χ3v) is 6.30. The SMILES string of the molecule is CC(C(=O)NC1CCN(C(=O)C(C)(C)CCl)CC1)N1C(=O)c2ccccc2C1=O. The van der Waals surface area contributed by atoms with Crippen LogP contribution in [0.25, 0.3) is 0 Å². The number of likely N-dealkylation sites (tertiary alicyclic amines) is 1. The van der Waals surface area contributed by atoms with Crippen LogP contribution in [-0.2, 0) is 9.59 Å². The van der Waals surface area contributed by atoms with Crippen molar-refractivity contribution < 1.29 is 19.2 Å². The van der Waals surface area contributed by atoms with E-state index in [1.54, 1.807) is 36.1 Å². The highest BCUT2D eigenvalue weighted by Gasteiger charge is 2.41. The number of carbonyl (C=O) groups excluding carboxylic acids is 4. The van der Waals surface area contributed by atoms with E-state index in [1.807, 2.05) is 13.8 Å². The molecule has 2 aliphatic rings. The summed E-state index contributed by atoms with van der Waals surface area (Å²) in [6.45, 7) is 6.26. The zero-order valence-electron chi connectivity index (χ0n) is 16.9. The number of rotatable bonds is 5. The van der Waals surface area contributed by atoms with Crippen molar-refractivity contribution in [3.05, 3.63) is 35.4 Å². The lowest BCUT2D eigenvalue weighted by Crippen LogP contribution is -2.54. The predicted molar refractivity (Wildman–Crippen MR) is 109 cm³/mol. The summed E-state index contributed by atoms with van der Waals surface area (Å²) in [6, 6.07) is 5.56. The normalized spacial score (nSPS) is 18.6. The molecule has 0 bridgehead atoms. The lowest BCUT2D eigenvalue weighted by Gasteiger charge is -2.37. The molecule has 7 nitrogen and oxygen atoms in total. The number of carbonyl (C=O) groups is 4. The highest BCUT2D eigenvalue weighted by molar-refractivity contribution is 6.22. The number of imide groups is 1. The van der Waals surface area contributed by atoms with Gasteiger partial charge in [-0.2, -0.15) is 0 Å². The Balaban J connectivity index is 1.57. The van der Waals surface area contributed by atoms with E-state index in [0.717, 1.165) is 4.90 Å². The summed E-state index contributed by atoms with van der Waals surface area (Å²) in [6.07, 6.45) is 1.23. The molecule has 0 saturated carbocycles. The first-order valence-corrected chi connectivity index (χ1v) is 10.3. The number of amides is 4. The van der Waals surface area contributed by atoms with Crippen LogP contribution >= 0.6 is 11.6 Å². The van der Waals surface area contributed by atoms with Gasteiger partial charge >= 0.3 is 0 Å². The van der Waals surface area contributed by atoms with Crippen LogP contribution in [-0.4, -0.2) is 64.5 Å². The first kappa shape index (κ1) is 21.3. The van der Waals surface area contributed by atoms with Gasteiger partial charge in [0.1, 0.15) is 6.04 Å². The summed E-state index contributed by atoms with van der Waals surface area (Å²) in [4.78, 5) is 53.1. The summed E-state index contributed by atoms with van der Waals surface area (Å²) < 4.78 is 0. The molecule has 0 aliphatic carbocycles. The van der Waals surface area contributed by atoms with Gasteiger partial charge in [-0.25, -0.2) is 0 Å². The zero-order valence-corrected chi connectivity index (χ0v) is 17.7. The average molecular weight is 420 g/mol. The fourth-order valence-electron chi connectivity index (χ4n) is 3.71. The maximum atomic E-state index is 12.7. The van der Waals surface area contributed by atoms with Crippen molar-refractivity contribution in [1.82, 2.24) is 15.1 Å². The quantitative estimate of drug-likeness (QED) is 0.584. The molecule has 2 heterocycles. The minimum atomic E-state index is -0.905. The Hall–Kier alpha value is -2.41. The monoisotopic (exact) mass is 419 g/mol. The lowest BCUT2D eigenvalue weighted by atomic mass is 9.92. The Labute approximate surface area is 175 Å². The van der Waals surface area contributed by atoms with E-state index in [4.69, 9.17) is 11.6 Å². The summed E-state index contributed by atoms with van der Waals surface area (Å²) in [5.74, 6) is -1.00. The molecule has 0 aromatic heterocycles. The van der Waals surface area contributed by atoms with Crippen LogP contribution in [0.1, 0.15) is 54.3 Å². The number of hydrogen-bond donors (Lipinski definition) is 1. The second-order valence-corrected chi connectivity index (χ2v) is 8.56. The standard InChI is InChI=1S/C21H26ClN3O4/c1-13(25-18(27)15-6-4-5-7-16(15)19(25)28)17(26)23-14-8-10-24(11-9-14)20(29)21(2,3)12-22/h4-7,13-14H,8-12H2,1-3H3,(H,23,26). The van der Waals surface area contributed by atoms with Gasteiger partial charge in [-0.3, -0.25) is 24.1 Å². The minimum Gasteiger partial charge on any atom is -0.351 e. The van der Waals surface area contributed by atoms with Gasteiger partial charge in [-0.1, -0.05) is 12.1 Å². The number of alkyl halides is 1. The van der Waals surface area contributed by atoms with Crippen LogP contribution in [0.4, 0.5) is 0 Å². The third kappa shape index (κ3) is 4.01. The van der Waals surface area contributed by atoms with Crippen LogP contribution in [0.2, 0.25) is 0 Å². The number of nitrogens with zero attached hydrogens (tertiary/aromatic N) is 2. The van der Waals surface area contributed by atoms with Gasteiger partial charge in [0, 0.05) is 25.0 Å². The molecule has 0 radical (unpaired) electrons. The van der Waals surface area contributed by atoms with Crippen molar-refractivity contribution in [2.75, 3.05) is 19.0 Å². The molecule has 8 heteroatoms. The second-order valence-electron chi connectivity index (χ2n) is 8.29. The van der Waals surface area contributed by atoms with Crippen molar-refractivity contribution in [3.63, 3.8) is 0 Å². The molecule has 4 amide bonds. The van der Waals surface area contributed by atoms with E-state index >= 15 is 0 Å². The zero-order chi connectivity index (χ0) is 21.3. The van der Waals surface area contributed by atoms with Crippen LogP contribution in [0.5, 0.6) is 0 Å². The summed E-state index contributed by atoms with van der Waals surface area (Å²) in [5, 5.41) is 2.93. The van der Waals surface area contributed by atoms with Gasteiger partial charge in [-0.05, 0) is 45.7 Å². The van der Waals surface area contributed by atoms with E-state index in [1.165, 1.54) is 0 Å². The number of halogens is 1. The molecule has 29 heavy (non-hydrogen) atoms. The second kappa shape index (κ2) is 8.14. The van der Waals surface area contributed by atoms with Gasteiger partial charge in [0.15, 0.2) is 0 Å². The van der Waals surface area contributed by atoms with Crippen LogP contribution < -0.4 is 5.32 Å². The van der Waals surface area contributed by atoms with Crippen molar-refractivity contribution in [1.29, 1.82) is 0 Å². The maximum Gasteiger partial charge on any atom is 0.262 e. The summed E-state index contributed by atoms with van der Waals surface area (Å²) in [5.41, 5.74) is 0.0363. The van der Waals surface area contributed by atoms with Crippen molar-refractivity contribution in [2.24, 2.45) is 5.41 Å². The Morgan fingerprint density at radius 3 is 2.14 bits per heavy atom. The van der Waals surface area contributed by atoms with Crippen LogP contribution in [0, 0.1) is 5.41 Å². The van der Waals surface area contributed by atoms with Gasteiger partial charge < -0.3 is 10.2 Å². The topological polar surface area (TPSA) is 86.8 Å². The molecule has 0 spiro atoms. The molecule has 2 aliphatic heterocycles. The minimum absolute atomic E-state index is 0.0108. The first-order chi connectivity index (χ1) is 13.7. The number of hydrogen-bond acceptors (Lipinski definition) is 4. The predicted octanol–water partition coefficient (Wildman–Crippen LogP) is 2.04. The fraction of sp³-hybridized carbons (Fsp3) is 0.524. The van der Waals surface area contributed by atoms with E-state index in [2.05, 4.69) is 5.32 Å². The third-order valence-electron chi connectivity index (χ3n) is 5.63. The van der Waals surface area contributed by atoms with E-state index in [9.17, 15) is 19.2 Å². The number of nitrogens with one attached hydrogen (secondary N) is 1. The van der Waals surface area contributed by atoms with Crippen molar-refractivity contribution in [2.45, 2.75) is 45.7 Å². The van der Waals surface area contributed by atoms with E-state index < -0.39 is 23.3 Å².